The van der Waals surface area contributed by atoms with Gasteiger partial charge in [0.1, 0.15) is 5.60 Å². The van der Waals surface area contributed by atoms with Crippen molar-refractivity contribution in [2.75, 3.05) is 36.0 Å². The van der Waals surface area contributed by atoms with Crippen LogP contribution in [0.1, 0.15) is 18.1 Å². The van der Waals surface area contributed by atoms with Gasteiger partial charge in [0.15, 0.2) is 5.11 Å². The molecule has 0 radical (unpaired) electrons. The lowest BCUT2D eigenvalue weighted by Crippen LogP contribution is -2.58. The third-order valence-electron chi connectivity index (χ3n) is 8.21. The molecular weight excluding hydrogens is 484 g/mol. The van der Waals surface area contributed by atoms with Gasteiger partial charge >= 0.3 is 0 Å². The Labute approximate surface area is 223 Å². The maximum atomic E-state index is 13.6. The summed E-state index contributed by atoms with van der Waals surface area (Å²) >= 11 is 5.79. The summed E-state index contributed by atoms with van der Waals surface area (Å²) in [6.07, 6.45) is 3.50. The maximum absolute atomic E-state index is 13.6. The van der Waals surface area contributed by atoms with Crippen molar-refractivity contribution in [2.24, 2.45) is 11.8 Å². The van der Waals surface area contributed by atoms with Gasteiger partial charge in [0, 0.05) is 31.4 Å². The van der Waals surface area contributed by atoms with Crippen molar-refractivity contribution in [1.82, 2.24) is 10.2 Å². The highest BCUT2D eigenvalue weighted by molar-refractivity contribution is 7.80. The van der Waals surface area contributed by atoms with Crippen LogP contribution in [-0.2, 0) is 14.3 Å². The van der Waals surface area contributed by atoms with E-state index in [1.807, 2.05) is 43.3 Å². The van der Waals surface area contributed by atoms with Gasteiger partial charge in [0.25, 0.3) is 0 Å². The molecule has 2 aromatic rings. The molecular formula is C29H32N4O3S. The molecule has 0 unspecified atom stereocenters. The molecule has 7 nitrogen and oxygen atoms in total. The number of piperazine rings is 1. The fraction of sp³-hybridized carbons (Fsp3) is 0.414. The number of hydrogen-bond donors (Lipinski definition) is 1. The van der Waals surface area contributed by atoms with E-state index < -0.39 is 17.4 Å². The van der Waals surface area contributed by atoms with Crippen molar-refractivity contribution >= 4 is 40.5 Å². The van der Waals surface area contributed by atoms with Crippen molar-refractivity contribution in [3.05, 3.63) is 71.8 Å². The molecule has 8 heteroatoms. The second kappa shape index (κ2) is 8.96. The summed E-state index contributed by atoms with van der Waals surface area (Å²) in [6, 6.07) is 16.4. The molecule has 6 rings (SSSR count). The first-order valence-electron chi connectivity index (χ1n) is 13.0. The number of anilines is 2. The van der Waals surface area contributed by atoms with Gasteiger partial charge in [-0.2, -0.15) is 0 Å². The van der Waals surface area contributed by atoms with Gasteiger partial charge < -0.3 is 19.9 Å². The number of imide groups is 1. The normalized spacial score (nSPS) is 30.3. The van der Waals surface area contributed by atoms with Gasteiger partial charge in [-0.15, -0.1) is 0 Å². The molecule has 3 saturated heterocycles. The number of amides is 2. The lowest BCUT2D eigenvalue weighted by Gasteiger charge is -2.42. The fourth-order valence-electron chi connectivity index (χ4n) is 6.31. The summed E-state index contributed by atoms with van der Waals surface area (Å²) < 4.78 is 6.29. The van der Waals surface area contributed by atoms with Crippen LogP contribution in [0.2, 0.25) is 0 Å². The van der Waals surface area contributed by atoms with E-state index >= 15 is 0 Å². The number of rotatable bonds is 4. The summed E-state index contributed by atoms with van der Waals surface area (Å²) in [5, 5.41) is 4.04. The molecule has 37 heavy (non-hydrogen) atoms. The van der Waals surface area contributed by atoms with E-state index in [0.717, 1.165) is 25.2 Å². The number of fused-ring (bicyclic) bond motifs is 5. The van der Waals surface area contributed by atoms with E-state index in [2.05, 4.69) is 53.2 Å². The molecule has 0 aromatic heterocycles. The predicted molar refractivity (Wildman–Crippen MR) is 148 cm³/mol. The zero-order chi connectivity index (χ0) is 25.9. The van der Waals surface area contributed by atoms with Crippen LogP contribution in [0.4, 0.5) is 11.4 Å². The molecule has 4 heterocycles. The molecule has 2 amide bonds. The minimum Gasteiger partial charge on any atom is -0.365 e. The highest BCUT2D eigenvalue weighted by Gasteiger charge is 2.67. The molecule has 1 N–H and O–H groups in total. The van der Waals surface area contributed by atoms with E-state index in [1.165, 1.54) is 16.2 Å². The standard InChI is InChI=1S/C29H32N4O3S/c1-18-7-9-21(10-8-18)33-26(34)24-23-11-12-29(36-23,25(24)27(33)35)17-30-28(37)31-13-14-32(20(3)16-31)22-6-4-5-19(2)15-22/h4-12,15,20,23-25H,13-14,16-17H2,1-3H3,(H,30,37)/t20-,23-,24-,25-,29+/m1/s1. The largest absolute Gasteiger partial charge is 0.365 e. The molecule has 3 fully saturated rings. The first-order chi connectivity index (χ1) is 17.8. The highest BCUT2D eigenvalue weighted by atomic mass is 32.1. The van der Waals surface area contributed by atoms with E-state index in [4.69, 9.17) is 17.0 Å². The van der Waals surface area contributed by atoms with Crippen LogP contribution in [0, 0.1) is 25.7 Å². The van der Waals surface area contributed by atoms with E-state index in [0.29, 0.717) is 23.4 Å². The molecule has 0 spiro atoms. The number of aryl methyl sites for hydroxylation is 2. The number of ether oxygens (including phenoxy) is 1. The van der Waals surface area contributed by atoms with Crippen molar-refractivity contribution in [3.8, 4) is 0 Å². The Morgan fingerprint density at radius 1 is 1.05 bits per heavy atom. The number of nitrogens with one attached hydrogen (secondary N) is 1. The Morgan fingerprint density at radius 3 is 2.57 bits per heavy atom. The predicted octanol–water partition coefficient (Wildman–Crippen LogP) is 3.20. The average Bonchev–Trinajstić information content (AvgIpc) is 3.53. The van der Waals surface area contributed by atoms with Gasteiger partial charge in [0.05, 0.1) is 30.2 Å². The topological polar surface area (TPSA) is 65.1 Å². The number of hydrogen-bond acceptors (Lipinski definition) is 5. The summed E-state index contributed by atoms with van der Waals surface area (Å²) in [5.74, 6) is -1.42. The first kappa shape index (κ1) is 24.1. The highest BCUT2D eigenvalue weighted by Crippen LogP contribution is 2.52. The van der Waals surface area contributed by atoms with Crippen molar-refractivity contribution in [2.45, 2.75) is 38.5 Å². The number of thiocarbonyl (C=S) groups is 1. The van der Waals surface area contributed by atoms with E-state index in [-0.39, 0.29) is 17.9 Å². The smallest absolute Gasteiger partial charge is 0.241 e. The van der Waals surface area contributed by atoms with E-state index in [9.17, 15) is 9.59 Å². The lowest BCUT2D eigenvalue weighted by atomic mass is 9.77. The number of nitrogens with zero attached hydrogens (tertiary/aromatic N) is 3. The van der Waals surface area contributed by atoms with Gasteiger partial charge in [0.2, 0.25) is 11.8 Å². The minimum absolute atomic E-state index is 0.182. The van der Waals surface area contributed by atoms with Crippen molar-refractivity contribution in [1.29, 1.82) is 0 Å². The molecule has 0 aliphatic carbocycles. The molecule has 2 bridgehead atoms. The third-order valence-corrected chi connectivity index (χ3v) is 8.61. The van der Waals surface area contributed by atoms with Crippen LogP contribution in [-0.4, -0.2) is 65.8 Å². The summed E-state index contributed by atoms with van der Waals surface area (Å²) in [5.41, 5.74) is 3.31. The molecule has 0 saturated carbocycles. The monoisotopic (exact) mass is 516 g/mol. The molecule has 4 aliphatic heterocycles. The van der Waals surface area contributed by atoms with Crippen molar-refractivity contribution < 1.29 is 14.3 Å². The van der Waals surface area contributed by atoms with Gasteiger partial charge in [-0.1, -0.05) is 42.0 Å². The SMILES string of the molecule is Cc1ccc(N2C(=O)[C@@H]3[C@H]4C=C[C@@](CNC(=S)N5CCN(c6cccc(C)c6)[C@H](C)C5)(O4)[C@H]3C2=O)cc1. The Bertz CT molecular complexity index is 1290. The first-order valence-corrected chi connectivity index (χ1v) is 13.4. The van der Waals surface area contributed by atoms with Crippen LogP contribution < -0.4 is 15.1 Å². The Kier molecular flexibility index (Phi) is 5.84. The third kappa shape index (κ3) is 3.94. The zero-order valence-corrected chi connectivity index (χ0v) is 22.2. The van der Waals surface area contributed by atoms with E-state index in [1.54, 1.807) is 0 Å². The Hall–Kier alpha value is -3.23. The maximum Gasteiger partial charge on any atom is 0.241 e. The van der Waals surface area contributed by atoms with Gasteiger partial charge in [-0.25, -0.2) is 4.90 Å². The number of carbonyl (C=O) groups is 2. The molecule has 4 aliphatic rings. The Balaban J connectivity index is 1.13. The van der Waals surface area contributed by atoms with Crippen LogP contribution in [0.25, 0.3) is 0 Å². The summed E-state index contributed by atoms with van der Waals surface area (Å²) in [7, 11) is 0. The van der Waals surface area contributed by atoms with Crippen LogP contribution in [0.3, 0.4) is 0 Å². The van der Waals surface area contributed by atoms with Crippen LogP contribution >= 0.6 is 12.2 Å². The van der Waals surface area contributed by atoms with Crippen LogP contribution in [0.5, 0.6) is 0 Å². The Morgan fingerprint density at radius 2 is 1.84 bits per heavy atom. The number of carbonyl (C=O) groups excluding carboxylic acids is 2. The molecule has 5 atom stereocenters. The molecule has 2 aromatic carbocycles. The van der Waals surface area contributed by atoms with Gasteiger partial charge in [-0.05, 0) is 62.8 Å². The fourth-order valence-corrected chi connectivity index (χ4v) is 6.55. The second-order valence-electron chi connectivity index (χ2n) is 10.7. The van der Waals surface area contributed by atoms with Crippen LogP contribution in [0.15, 0.2) is 60.7 Å². The summed E-state index contributed by atoms with van der Waals surface area (Å²) in [4.78, 5) is 32.9. The number of benzene rings is 2. The zero-order valence-electron chi connectivity index (χ0n) is 21.4. The molecule has 192 valence electrons. The quantitative estimate of drug-likeness (QED) is 0.380. The lowest BCUT2D eigenvalue weighted by molar-refractivity contribution is -0.126. The minimum atomic E-state index is -0.874. The summed E-state index contributed by atoms with van der Waals surface area (Å²) in [6.45, 7) is 9.15. The average molecular weight is 517 g/mol. The van der Waals surface area contributed by atoms with Crippen molar-refractivity contribution in [3.63, 3.8) is 0 Å². The van der Waals surface area contributed by atoms with Gasteiger partial charge in [-0.3, -0.25) is 9.59 Å². The second-order valence-corrected chi connectivity index (χ2v) is 11.1.